The first kappa shape index (κ1) is 22.2. The molecule has 0 atom stereocenters. The minimum atomic E-state index is 1.05. The fraction of sp³-hybridized carbons (Fsp3) is 0.407. The lowest BCUT2D eigenvalue weighted by Gasteiger charge is -2.23. The van der Waals surface area contributed by atoms with E-state index in [-0.39, 0.29) is 0 Å². The number of nitrogens with one attached hydrogen (secondary N) is 1. The Morgan fingerprint density at radius 2 is 1.68 bits per heavy atom. The molecule has 1 saturated heterocycles. The molecule has 1 heterocycles. The zero-order valence-electron chi connectivity index (χ0n) is 18.9. The highest BCUT2D eigenvalue weighted by molar-refractivity contribution is 8.00. The lowest BCUT2D eigenvalue weighted by molar-refractivity contribution is 0.249. The predicted octanol–water partition coefficient (Wildman–Crippen LogP) is 6.58. The SMILES string of the molecule is CCCCN1CCCN(Cc2cccc(NSc3ccc4ccccc4c3)c2C)CC1. The molecule has 0 amide bonds. The quantitative estimate of drug-likeness (QED) is 0.405. The van der Waals surface area contributed by atoms with Crippen LogP contribution in [0.4, 0.5) is 5.69 Å². The molecule has 4 rings (SSSR count). The second kappa shape index (κ2) is 11.0. The van der Waals surface area contributed by atoms with Gasteiger partial charge in [0.15, 0.2) is 0 Å². The van der Waals surface area contributed by atoms with Crippen molar-refractivity contribution >= 4 is 28.4 Å². The summed E-state index contributed by atoms with van der Waals surface area (Å²) < 4.78 is 3.60. The summed E-state index contributed by atoms with van der Waals surface area (Å²) in [5, 5.41) is 2.57. The van der Waals surface area contributed by atoms with Gasteiger partial charge in [0.25, 0.3) is 0 Å². The molecule has 1 fully saturated rings. The molecular formula is C27H35N3S. The molecule has 31 heavy (non-hydrogen) atoms. The van der Waals surface area contributed by atoms with Gasteiger partial charge in [0.05, 0.1) is 0 Å². The third kappa shape index (κ3) is 6.03. The van der Waals surface area contributed by atoms with E-state index in [2.05, 4.69) is 89.0 Å². The molecule has 0 saturated carbocycles. The van der Waals surface area contributed by atoms with Crippen LogP contribution in [0.1, 0.15) is 37.3 Å². The minimum Gasteiger partial charge on any atom is -0.325 e. The van der Waals surface area contributed by atoms with Crippen LogP contribution in [0.15, 0.2) is 65.6 Å². The normalized spacial score (nSPS) is 15.8. The van der Waals surface area contributed by atoms with Gasteiger partial charge in [-0.05, 0) is 91.4 Å². The summed E-state index contributed by atoms with van der Waals surface area (Å²) in [5.41, 5.74) is 4.02. The topological polar surface area (TPSA) is 18.5 Å². The summed E-state index contributed by atoms with van der Waals surface area (Å²) in [6.07, 6.45) is 3.89. The molecular weight excluding hydrogens is 398 g/mol. The molecule has 0 aliphatic carbocycles. The van der Waals surface area contributed by atoms with Gasteiger partial charge in [-0.25, -0.2) is 0 Å². The highest BCUT2D eigenvalue weighted by atomic mass is 32.2. The summed E-state index contributed by atoms with van der Waals surface area (Å²) in [5.74, 6) is 0. The largest absolute Gasteiger partial charge is 0.325 e. The summed E-state index contributed by atoms with van der Waals surface area (Å²) in [7, 11) is 0. The monoisotopic (exact) mass is 433 g/mol. The number of rotatable bonds is 8. The Balaban J connectivity index is 1.37. The van der Waals surface area contributed by atoms with Crippen molar-refractivity contribution in [2.75, 3.05) is 37.4 Å². The maximum Gasteiger partial charge on any atom is 0.0475 e. The van der Waals surface area contributed by atoms with Gasteiger partial charge in [0.1, 0.15) is 0 Å². The fourth-order valence-electron chi connectivity index (χ4n) is 4.34. The number of nitrogens with zero attached hydrogens (tertiary/aromatic N) is 2. The Bertz CT molecular complexity index is 987. The third-order valence-corrected chi connectivity index (χ3v) is 7.16. The van der Waals surface area contributed by atoms with Crippen molar-refractivity contribution < 1.29 is 0 Å². The number of fused-ring (bicyclic) bond motifs is 1. The lowest BCUT2D eigenvalue weighted by atomic mass is 10.1. The molecule has 0 unspecified atom stereocenters. The molecule has 164 valence electrons. The molecule has 0 spiro atoms. The van der Waals surface area contributed by atoms with Crippen LogP contribution in [0, 0.1) is 6.92 Å². The van der Waals surface area contributed by atoms with E-state index in [9.17, 15) is 0 Å². The Hall–Kier alpha value is -2.01. The minimum absolute atomic E-state index is 1.05. The second-order valence-corrected chi connectivity index (χ2v) is 9.51. The van der Waals surface area contributed by atoms with Gasteiger partial charge in [0, 0.05) is 30.2 Å². The molecule has 1 aliphatic rings. The Kier molecular flexibility index (Phi) is 7.90. The van der Waals surface area contributed by atoms with E-state index in [1.165, 1.54) is 84.5 Å². The number of anilines is 1. The Labute approximate surface area is 192 Å². The lowest BCUT2D eigenvalue weighted by Crippen LogP contribution is -2.31. The van der Waals surface area contributed by atoms with Gasteiger partial charge in [-0.1, -0.05) is 55.8 Å². The van der Waals surface area contributed by atoms with Crippen molar-refractivity contribution in [3.63, 3.8) is 0 Å². The average molecular weight is 434 g/mol. The van der Waals surface area contributed by atoms with E-state index in [0.29, 0.717) is 0 Å². The molecule has 1 N–H and O–H groups in total. The molecule has 3 aromatic carbocycles. The summed E-state index contributed by atoms with van der Waals surface area (Å²) in [4.78, 5) is 6.52. The molecule has 4 heteroatoms. The van der Waals surface area contributed by atoms with Crippen molar-refractivity contribution in [2.45, 2.75) is 44.6 Å². The van der Waals surface area contributed by atoms with Gasteiger partial charge in [0.2, 0.25) is 0 Å². The van der Waals surface area contributed by atoms with Crippen LogP contribution in [0.5, 0.6) is 0 Å². The van der Waals surface area contributed by atoms with E-state index in [4.69, 9.17) is 0 Å². The van der Waals surface area contributed by atoms with Crippen LogP contribution in [-0.2, 0) is 6.54 Å². The van der Waals surface area contributed by atoms with Crippen molar-refractivity contribution in [2.24, 2.45) is 0 Å². The van der Waals surface area contributed by atoms with Crippen LogP contribution < -0.4 is 4.72 Å². The van der Waals surface area contributed by atoms with E-state index < -0.39 is 0 Å². The molecule has 0 radical (unpaired) electrons. The molecule has 0 aromatic heterocycles. The van der Waals surface area contributed by atoms with Crippen LogP contribution in [-0.4, -0.2) is 42.5 Å². The van der Waals surface area contributed by atoms with E-state index in [1.807, 2.05) is 0 Å². The van der Waals surface area contributed by atoms with Gasteiger partial charge in [-0.15, -0.1) is 0 Å². The zero-order valence-corrected chi connectivity index (χ0v) is 19.8. The number of hydrogen-bond donors (Lipinski definition) is 1. The van der Waals surface area contributed by atoms with Gasteiger partial charge in [-0.3, -0.25) is 4.90 Å². The molecule has 1 aliphatic heterocycles. The number of benzene rings is 3. The Morgan fingerprint density at radius 3 is 2.55 bits per heavy atom. The summed E-state index contributed by atoms with van der Waals surface area (Å²) in [6, 6.07) is 21.9. The van der Waals surface area contributed by atoms with E-state index >= 15 is 0 Å². The fourth-order valence-corrected chi connectivity index (χ4v) is 5.11. The predicted molar refractivity (Wildman–Crippen MR) is 136 cm³/mol. The highest BCUT2D eigenvalue weighted by Gasteiger charge is 2.16. The maximum absolute atomic E-state index is 3.60. The average Bonchev–Trinajstić information content (AvgIpc) is 3.03. The van der Waals surface area contributed by atoms with Crippen LogP contribution in [0.3, 0.4) is 0 Å². The Morgan fingerprint density at radius 1 is 0.871 bits per heavy atom. The second-order valence-electron chi connectivity index (χ2n) is 8.63. The van der Waals surface area contributed by atoms with E-state index in [0.717, 1.165) is 6.54 Å². The van der Waals surface area contributed by atoms with Gasteiger partial charge < -0.3 is 9.62 Å². The summed E-state index contributed by atoms with van der Waals surface area (Å²) in [6.45, 7) is 11.7. The standard InChI is InChI=1S/C27H35N3S/c1-3-4-15-29-16-8-17-30(19-18-29)21-25-11-7-12-27(22(25)2)28-31-26-14-13-23-9-5-6-10-24(23)20-26/h5-7,9-14,20,28H,3-4,8,15-19,21H2,1-2H3. The van der Waals surface area contributed by atoms with Gasteiger partial charge >= 0.3 is 0 Å². The first-order valence-electron chi connectivity index (χ1n) is 11.7. The summed E-state index contributed by atoms with van der Waals surface area (Å²) >= 11 is 1.70. The molecule has 0 bridgehead atoms. The van der Waals surface area contributed by atoms with Crippen molar-refractivity contribution in [1.82, 2.24) is 9.80 Å². The number of unbranched alkanes of at least 4 members (excludes halogenated alkanes) is 1. The van der Waals surface area contributed by atoms with E-state index in [1.54, 1.807) is 11.9 Å². The maximum atomic E-state index is 3.60. The van der Waals surface area contributed by atoms with Crippen molar-refractivity contribution in [1.29, 1.82) is 0 Å². The third-order valence-electron chi connectivity index (χ3n) is 6.35. The molecule has 3 aromatic rings. The van der Waals surface area contributed by atoms with Gasteiger partial charge in [-0.2, -0.15) is 0 Å². The molecule has 3 nitrogen and oxygen atoms in total. The van der Waals surface area contributed by atoms with Crippen LogP contribution in [0.25, 0.3) is 10.8 Å². The van der Waals surface area contributed by atoms with Crippen molar-refractivity contribution in [3.05, 3.63) is 71.8 Å². The number of hydrogen-bond acceptors (Lipinski definition) is 4. The van der Waals surface area contributed by atoms with Crippen molar-refractivity contribution in [3.8, 4) is 0 Å². The smallest absolute Gasteiger partial charge is 0.0475 e. The van der Waals surface area contributed by atoms with Crippen LogP contribution >= 0.6 is 11.9 Å². The highest BCUT2D eigenvalue weighted by Crippen LogP contribution is 2.28. The first-order chi connectivity index (χ1) is 15.2. The van der Waals surface area contributed by atoms with Crippen LogP contribution in [0.2, 0.25) is 0 Å². The zero-order chi connectivity index (χ0) is 21.5. The first-order valence-corrected chi connectivity index (χ1v) is 12.5.